The van der Waals surface area contributed by atoms with Crippen LogP contribution in [0.2, 0.25) is 0 Å². The molecule has 2 N–H and O–H groups in total. The summed E-state index contributed by atoms with van der Waals surface area (Å²) in [5.41, 5.74) is 1.05. The highest BCUT2D eigenvalue weighted by Gasteiger charge is 2.18. The molecule has 0 heterocycles. The summed E-state index contributed by atoms with van der Waals surface area (Å²) in [5, 5.41) is 4.95. The van der Waals surface area contributed by atoms with Gasteiger partial charge >= 0.3 is 0 Å². The van der Waals surface area contributed by atoms with Crippen molar-refractivity contribution in [3.8, 4) is 0 Å². The van der Waals surface area contributed by atoms with Crippen molar-refractivity contribution in [2.75, 3.05) is 19.0 Å². The second-order valence-corrected chi connectivity index (χ2v) is 8.23. The number of amides is 1. The Hall–Kier alpha value is -2.74. The molecular formula is C21H22N2O4S. The molecule has 1 amide bonds. The van der Waals surface area contributed by atoms with Gasteiger partial charge in [-0.3, -0.25) is 4.79 Å². The largest absolute Gasteiger partial charge is 0.383 e. The van der Waals surface area contributed by atoms with E-state index in [1.54, 1.807) is 6.92 Å². The Bertz CT molecular complexity index is 1080. The lowest BCUT2D eigenvalue weighted by Crippen LogP contribution is -2.35. The fourth-order valence-corrected chi connectivity index (χ4v) is 4.10. The monoisotopic (exact) mass is 398 g/mol. The molecule has 7 heteroatoms. The molecule has 0 aromatic heterocycles. The van der Waals surface area contributed by atoms with Crippen molar-refractivity contribution in [3.63, 3.8) is 0 Å². The number of hydrogen-bond donors (Lipinski definition) is 2. The van der Waals surface area contributed by atoms with Crippen LogP contribution in [-0.2, 0) is 14.8 Å². The van der Waals surface area contributed by atoms with E-state index in [1.807, 2.05) is 42.5 Å². The summed E-state index contributed by atoms with van der Waals surface area (Å²) >= 11 is 0. The number of sulfonamides is 1. The van der Waals surface area contributed by atoms with Crippen LogP contribution < -0.4 is 10.0 Å². The quantitative estimate of drug-likeness (QED) is 0.639. The van der Waals surface area contributed by atoms with Gasteiger partial charge in [-0.15, -0.1) is 0 Å². The first-order valence-electron chi connectivity index (χ1n) is 8.80. The molecule has 0 radical (unpaired) electrons. The summed E-state index contributed by atoms with van der Waals surface area (Å²) in [5.74, 6) is -0.306. The lowest BCUT2D eigenvalue weighted by molar-refractivity contribution is 0.102. The van der Waals surface area contributed by atoms with Crippen molar-refractivity contribution in [1.29, 1.82) is 0 Å². The third kappa shape index (κ3) is 4.75. The van der Waals surface area contributed by atoms with Crippen LogP contribution in [0, 0.1) is 0 Å². The van der Waals surface area contributed by atoms with E-state index < -0.39 is 10.0 Å². The highest BCUT2D eigenvalue weighted by Crippen LogP contribution is 2.20. The van der Waals surface area contributed by atoms with E-state index in [-0.39, 0.29) is 23.5 Å². The number of ether oxygens (including phenoxy) is 1. The van der Waals surface area contributed by atoms with Gasteiger partial charge < -0.3 is 10.1 Å². The minimum Gasteiger partial charge on any atom is -0.383 e. The number of anilines is 1. The average Bonchev–Trinajstić information content (AvgIpc) is 2.68. The fraction of sp³-hybridized carbons (Fsp3) is 0.190. The molecule has 3 aromatic carbocycles. The number of nitrogens with one attached hydrogen (secondary N) is 2. The summed E-state index contributed by atoms with van der Waals surface area (Å²) in [6, 6.07) is 19.0. The second kappa shape index (κ2) is 8.52. The van der Waals surface area contributed by atoms with Crippen molar-refractivity contribution in [1.82, 2.24) is 4.72 Å². The molecule has 0 unspecified atom stereocenters. The van der Waals surface area contributed by atoms with Gasteiger partial charge in [0.2, 0.25) is 10.0 Å². The minimum atomic E-state index is -3.67. The standard InChI is InChI=1S/C21H22N2O4S/c1-15(14-27-2)23-28(25,26)20-11-8-17(9-12-20)21(24)22-19-10-7-16-5-3-4-6-18(16)13-19/h3-13,15,23H,14H2,1-2H3,(H,22,24)/t15-/m1/s1. The summed E-state index contributed by atoms with van der Waals surface area (Å²) in [4.78, 5) is 12.6. The summed E-state index contributed by atoms with van der Waals surface area (Å²) < 4.78 is 32.2. The highest BCUT2D eigenvalue weighted by molar-refractivity contribution is 7.89. The van der Waals surface area contributed by atoms with Gasteiger partial charge in [0.1, 0.15) is 0 Å². The van der Waals surface area contributed by atoms with E-state index in [0.717, 1.165) is 10.8 Å². The summed E-state index contributed by atoms with van der Waals surface area (Å²) in [6.07, 6.45) is 0. The normalized spacial score (nSPS) is 12.6. The number of rotatable bonds is 7. The van der Waals surface area contributed by atoms with Gasteiger partial charge in [0.15, 0.2) is 0 Å². The Morgan fingerprint density at radius 3 is 2.36 bits per heavy atom. The molecule has 28 heavy (non-hydrogen) atoms. The van der Waals surface area contributed by atoms with Crippen molar-refractivity contribution in [2.24, 2.45) is 0 Å². The third-order valence-electron chi connectivity index (χ3n) is 4.21. The van der Waals surface area contributed by atoms with Crippen molar-refractivity contribution in [3.05, 3.63) is 72.3 Å². The Labute approximate surface area is 164 Å². The first kappa shape index (κ1) is 20.0. The topological polar surface area (TPSA) is 84.5 Å². The van der Waals surface area contributed by atoms with Gasteiger partial charge in [-0.2, -0.15) is 0 Å². The number of carbonyl (C=O) groups excluding carboxylic acids is 1. The van der Waals surface area contributed by atoms with Gasteiger partial charge in [-0.1, -0.05) is 30.3 Å². The van der Waals surface area contributed by atoms with E-state index in [2.05, 4.69) is 10.0 Å². The van der Waals surface area contributed by atoms with Crippen LogP contribution in [0.25, 0.3) is 10.8 Å². The SMILES string of the molecule is COC[C@@H](C)NS(=O)(=O)c1ccc(C(=O)Nc2ccc3ccccc3c2)cc1. The van der Waals surface area contributed by atoms with Crippen LogP contribution in [0.4, 0.5) is 5.69 Å². The molecule has 0 aliphatic carbocycles. The molecule has 146 valence electrons. The molecule has 0 saturated carbocycles. The number of benzene rings is 3. The Morgan fingerprint density at radius 2 is 1.68 bits per heavy atom. The number of hydrogen-bond acceptors (Lipinski definition) is 4. The second-order valence-electron chi connectivity index (χ2n) is 6.52. The zero-order valence-corrected chi connectivity index (χ0v) is 16.5. The first-order valence-corrected chi connectivity index (χ1v) is 10.3. The van der Waals surface area contributed by atoms with Crippen molar-refractivity contribution < 1.29 is 17.9 Å². The van der Waals surface area contributed by atoms with E-state index in [0.29, 0.717) is 11.3 Å². The molecule has 0 saturated heterocycles. The molecule has 0 fully saturated rings. The Balaban J connectivity index is 1.72. The maximum atomic E-state index is 12.5. The molecule has 6 nitrogen and oxygen atoms in total. The molecule has 3 rings (SSSR count). The van der Waals surface area contributed by atoms with Crippen LogP contribution in [0.5, 0.6) is 0 Å². The predicted molar refractivity (Wildman–Crippen MR) is 110 cm³/mol. The van der Waals surface area contributed by atoms with Crippen LogP contribution in [0.1, 0.15) is 17.3 Å². The van der Waals surface area contributed by atoms with Gasteiger partial charge in [0, 0.05) is 24.4 Å². The van der Waals surface area contributed by atoms with Crippen molar-refractivity contribution >= 4 is 32.4 Å². The Morgan fingerprint density at radius 1 is 1.00 bits per heavy atom. The van der Waals surface area contributed by atoms with E-state index in [1.165, 1.54) is 31.4 Å². The molecular weight excluding hydrogens is 376 g/mol. The Kier molecular flexibility index (Phi) is 6.08. The van der Waals surface area contributed by atoms with E-state index in [9.17, 15) is 13.2 Å². The van der Waals surface area contributed by atoms with Gasteiger partial charge in [0.05, 0.1) is 11.5 Å². The van der Waals surface area contributed by atoms with Crippen LogP contribution in [0.15, 0.2) is 71.6 Å². The average molecular weight is 398 g/mol. The van der Waals surface area contributed by atoms with Gasteiger partial charge in [0.25, 0.3) is 5.91 Å². The van der Waals surface area contributed by atoms with Crippen molar-refractivity contribution in [2.45, 2.75) is 17.9 Å². The van der Waals surface area contributed by atoms with E-state index in [4.69, 9.17) is 4.74 Å². The van der Waals surface area contributed by atoms with Gasteiger partial charge in [-0.25, -0.2) is 13.1 Å². The molecule has 3 aromatic rings. The summed E-state index contributed by atoms with van der Waals surface area (Å²) in [6.45, 7) is 1.98. The fourth-order valence-electron chi connectivity index (χ4n) is 2.87. The number of carbonyl (C=O) groups is 1. The first-order chi connectivity index (χ1) is 13.4. The highest BCUT2D eigenvalue weighted by atomic mass is 32.2. The molecule has 1 atom stereocenters. The lowest BCUT2D eigenvalue weighted by atomic mass is 10.1. The summed E-state index contributed by atoms with van der Waals surface area (Å²) in [7, 11) is -2.16. The minimum absolute atomic E-state index is 0.0951. The van der Waals surface area contributed by atoms with Crippen LogP contribution in [0.3, 0.4) is 0 Å². The maximum Gasteiger partial charge on any atom is 0.255 e. The van der Waals surface area contributed by atoms with Crippen LogP contribution in [-0.4, -0.2) is 34.1 Å². The number of fused-ring (bicyclic) bond motifs is 1. The maximum absolute atomic E-state index is 12.5. The smallest absolute Gasteiger partial charge is 0.255 e. The third-order valence-corrected chi connectivity index (χ3v) is 5.81. The lowest BCUT2D eigenvalue weighted by Gasteiger charge is -2.13. The molecule has 0 bridgehead atoms. The zero-order valence-electron chi connectivity index (χ0n) is 15.7. The van der Waals surface area contributed by atoms with E-state index >= 15 is 0 Å². The zero-order chi connectivity index (χ0) is 20.1. The molecule has 0 spiro atoms. The van der Waals surface area contributed by atoms with Gasteiger partial charge in [-0.05, 0) is 54.1 Å². The predicted octanol–water partition coefficient (Wildman–Crippen LogP) is 3.41. The van der Waals surface area contributed by atoms with Crippen LogP contribution >= 0.6 is 0 Å². The number of methoxy groups -OCH3 is 1. The molecule has 0 aliphatic rings. The molecule has 0 aliphatic heterocycles.